The first-order chi connectivity index (χ1) is 12.1. The van der Waals surface area contributed by atoms with Gasteiger partial charge in [0.25, 0.3) is 5.56 Å². The van der Waals surface area contributed by atoms with Crippen LogP contribution in [0, 0.1) is 0 Å². The van der Waals surface area contributed by atoms with Crippen molar-refractivity contribution in [2.75, 3.05) is 13.3 Å². The van der Waals surface area contributed by atoms with Crippen molar-refractivity contribution in [1.82, 2.24) is 9.97 Å². The molecule has 2 heterocycles. The van der Waals surface area contributed by atoms with E-state index in [-0.39, 0.29) is 5.56 Å². The molecule has 0 radical (unpaired) electrons. The van der Waals surface area contributed by atoms with E-state index in [2.05, 4.69) is 42.6 Å². The molecule has 0 amide bonds. The van der Waals surface area contributed by atoms with Gasteiger partial charge < -0.3 is 9.88 Å². The largest absolute Gasteiger partial charge is 0.327 e. The van der Waals surface area contributed by atoms with Crippen LogP contribution in [0.1, 0.15) is 28.2 Å². The first-order valence-corrected chi connectivity index (χ1v) is 10.7. The van der Waals surface area contributed by atoms with Crippen molar-refractivity contribution in [2.45, 2.75) is 37.2 Å². The molecular weight excluding hydrogens is 350 g/mol. The van der Waals surface area contributed by atoms with E-state index >= 15 is 0 Å². The van der Waals surface area contributed by atoms with Crippen molar-refractivity contribution in [3.05, 3.63) is 56.4 Å². The fourth-order valence-corrected chi connectivity index (χ4v) is 5.26. The molecule has 0 aliphatic heterocycles. The molecule has 0 saturated carbocycles. The molecule has 1 unspecified atom stereocenters. The third-order valence-electron chi connectivity index (χ3n) is 4.76. The van der Waals surface area contributed by atoms with Gasteiger partial charge in [0.2, 0.25) is 0 Å². The Hall–Kier alpha value is -1.63. The number of aromatic nitrogens is 2. The van der Waals surface area contributed by atoms with Crippen LogP contribution < -0.4 is 10.5 Å². The highest BCUT2D eigenvalue weighted by molar-refractivity contribution is 7.98. The highest BCUT2D eigenvalue weighted by Crippen LogP contribution is 2.34. The number of thioether (sulfide) groups is 1. The maximum absolute atomic E-state index is 12.5. The van der Waals surface area contributed by atoms with E-state index in [4.69, 9.17) is 4.98 Å². The van der Waals surface area contributed by atoms with Gasteiger partial charge in [-0.1, -0.05) is 12.1 Å². The lowest BCUT2D eigenvalue weighted by Crippen LogP contribution is -3.06. The van der Waals surface area contributed by atoms with E-state index in [0.29, 0.717) is 0 Å². The predicted octanol–water partition coefficient (Wildman–Crippen LogP) is 2.41. The fourth-order valence-electron chi connectivity index (χ4n) is 3.57. The van der Waals surface area contributed by atoms with Gasteiger partial charge in [-0.2, -0.15) is 0 Å². The van der Waals surface area contributed by atoms with E-state index in [9.17, 15) is 4.79 Å². The summed E-state index contributed by atoms with van der Waals surface area (Å²) in [4.78, 5) is 25.2. The summed E-state index contributed by atoms with van der Waals surface area (Å²) in [5.74, 6) is 0.788. The van der Waals surface area contributed by atoms with Gasteiger partial charge in [-0.15, -0.1) is 23.1 Å². The topological polar surface area (TPSA) is 50.2 Å². The van der Waals surface area contributed by atoms with Gasteiger partial charge in [-0.05, 0) is 43.2 Å². The lowest BCUT2D eigenvalue weighted by atomic mass is 10.2. The summed E-state index contributed by atoms with van der Waals surface area (Å²) in [5, 5.41) is 0.839. The number of H-pyrrole nitrogens is 1. The molecule has 2 aromatic heterocycles. The molecule has 3 aromatic rings. The third-order valence-corrected chi connectivity index (χ3v) is 6.69. The van der Waals surface area contributed by atoms with Gasteiger partial charge in [0.05, 0.1) is 12.4 Å². The highest BCUT2D eigenvalue weighted by Gasteiger charge is 2.21. The molecule has 0 saturated heterocycles. The van der Waals surface area contributed by atoms with Crippen molar-refractivity contribution < 1.29 is 4.90 Å². The number of aryl methyl sites for hydroxylation is 2. The Labute approximate surface area is 155 Å². The number of hydrogen-bond donors (Lipinski definition) is 2. The minimum Gasteiger partial charge on any atom is -0.327 e. The van der Waals surface area contributed by atoms with Crippen molar-refractivity contribution in [3.8, 4) is 0 Å². The normalized spacial score (nSPS) is 14.8. The molecule has 4 nitrogen and oxygen atoms in total. The Balaban J connectivity index is 1.52. The van der Waals surface area contributed by atoms with Gasteiger partial charge >= 0.3 is 0 Å². The number of thiophene rings is 1. The minimum absolute atomic E-state index is 0.0384. The first-order valence-electron chi connectivity index (χ1n) is 8.61. The number of hydrogen-bond acceptors (Lipinski definition) is 4. The lowest BCUT2D eigenvalue weighted by Gasteiger charge is -2.13. The molecule has 1 aliphatic carbocycles. The number of rotatable bonds is 5. The fraction of sp³-hybridized carbons (Fsp3) is 0.368. The number of fused-ring (bicyclic) bond motifs is 3. The summed E-state index contributed by atoms with van der Waals surface area (Å²) in [6.45, 7) is 1.63. The zero-order valence-corrected chi connectivity index (χ0v) is 16.1. The molecule has 6 heteroatoms. The van der Waals surface area contributed by atoms with Crippen LogP contribution in [-0.4, -0.2) is 23.3 Å². The number of nitrogens with zero attached hydrogens (tertiary/aromatic N) is 1. The van der Waals surface area contributed by atoms with Crippen molar-refractivity contribution in [2.24, 2.45) is 0 Å². The first kappa shape index (κ1) is 16.8. The Kier molecular flexibility index (Phi) is 4.67. The average molecular weight is 373 g/mol. The average Bonchev–Trinajstić information content (AvgIpc) is 3.15. The molecule has 2 N–H and O–H groups in total. The molecular formula is C19H22N3OS2+. The van der Waals surface area contributed by atoms with Crippen LogP contribution in [0.4, 0.5) is 0 Å². The van der Waals surface area contributed by atoms with Gasteiger partial charge in [0.15, 0.2) is 5.82 Å². The summed E-state index contributed by atoms with van der Waals surface area (Å²) in [5.41, 5.74) is 2.58. The SMILES string of the molecule is CSc1ccc(C[NH+](C)Cc2nc3sc4c(c3c(=O)[nH]2)CCC4)cc1. The standard InChI is InChI=1S/C19H21N3OS2/c1-22(10-12-6-8-13(24-2)9-7-12)11-16-20-18(23)17-14-4-3-5-15(14)25-19(17)21-16/h6-9H,3-5,10-11H2,1-2H3,(H,20,21,23)/p+1. The number of nitrogens with one attached hydrogen (secondary N) is 2. The number of benzene rings is 1. The van der Waals surface area contributed by atoms with Gasteiger partial charge in [0, 0.05) is 15.3 Å². The molecule has 130 valence electrons. The predicted molar refractivity (Wildman–Crippen MR) is 105 cm³/mol. The summed E-state index contributed by atoms with van der Waals surface area (Å²) < 4.78 is 0. The zero-order valence-electron chi connectivity index (χ0n) is 14.5. The van der Waals surface area contributed by atoms with Crippen molar-refractivity contribution in [1.29, 1.82) is 0 Å². The smallest absolute Gasteiger partial charge is 0.260 e. The highest BCUT2D eigenvalue weighted by atomic mass is 32.2. The van der Waals surface area contributed by atoms with E-state index in [1.165, 1.54) is 32.2 Å². The van der Waals surface area contributed by atoms with E-state index < -0.39 is 0 Å². The Morgan fingerprint density at radius 1 is 1.24 bits per heavy atom. The summed E-state index contributed by atoms with van der Waals surface area (Å²) in [6.07, 6.45) is 5.38. The quantitative estimate of drug-likeness (QED) is 0.676. The van der Waals surface area contributed by atoms with Gasteiger partial charge in [0.1, 0.15) is 17.9 Å². The van der Waals surface area contributed by atoms with E-state index in [1.807, 2.05) is 0 Å². The van der Waals surface area contributed by atoms with Crippen LogP contribution in [-0.2, 0) is 25.9 Å². The Bertz CT molecular complexity index is 959. The zero-order chi connectivity index (χ0) is 17.4. The Morgan fingerprint density at radius 2 is 2.04 bits per heavy atom. The minimum atomic E-state index is 0.0384. The molecule has 0 fully saturated rings. The van der Waals surface area contributed by atoms with Crippen molar-refractivity contribution >= 4 is 33.3 Å². The van der Waals surface area contributed by atoms with Crippen LogP contribution in [0.25, 0.3) is 10.2 Å². The molecule has 0 spiro atoms. The van der Waals surface area contributed by atoms with E-state index in [0.717, 1.165) is 42.0 Å². The summed E-state index contributed by atoms with van der Waals surface area (Å²) in [6, 6.07) is 8.68. The maximum Gasteiger partial charge on any atom is 0.260 e. The van der Waals surface area contributed by atoms with Gasteiger partial charge in [-0.3, -0.25) is 4.79 Å². The molecule has 25 heavy (non-hydrogen) atoms. The van der Waals surface area contributed by atoms with E-state index in [1.54, 1.807) is 23.1 Å². The number of quaternary nitrogens is 1. The molecule has 0 bridgehead atoms. The number of aromatic amines is 1. The third kappa shape index (κ3) is 3.38. The second kappa shape index (κ2) is 6.94. The molecule has 4 rings (SSSR count). The van der Waals surface area contributed by atoms with Crippen LogP contribution >= 0.6 is 23.1 Å². The van der Waals surface area contributed by atoms with Crippen LogP contribution in [0.15, 0.2) is 34.0 Å². The van der Waals surface area contributed by atoms with Crippen LogP contribution in [0.5, 0.6) is 0 Å². The maximum atomic E-state index is 12.5. The molecule has 1 aliphatic rings. The van der Waals surface area contributed by atoms with Crippen LogP contribution in [0.2, 0.25) is 0 Å². The summed E-state index contributed by atoms with van der Waals surface area (Å²) >= 11 is 3.46. The Morgan fingerprint density at radius 3 is 2.80 bits per heavy atom. The van der Waals surface area contributed by atoms with Gasteiger partial charge in [-0.25, -0.2) is 4.98 Å². The summed E-state index contributed by atoms with van der Waals surface area (Å²) in [7, 11) is 2.14. The second-order valence-electron chi connectivity index (χ2n) is 6.71. The lowest BCUT2D eigenvalue weighted by molar-refractivity contribution is -0.908. The molecule has 1 atom stereocenters. The monoisotopic (exact) mass is 372 g/mol. The van der Waals surface area contributed by atoms with Crippen molar-refractivity contribution in [3.63, 3.8) is 0 Å². The van der Waals surface area contributed by atoms with Crippen LogP contribution in [0.3, 0.4) is 0 Å². The molecule has 1 aromatic carbocycles. The second-order valence-corrected chi connectivity index (χ2v) is 8.67.